The van der Waals surface area contributed by atoms with Gasteiger partial charge in [0, 0.05) is 24.4 Å². The van der Waals surface area contributed by atoms with E-state index in [1.54, 1.807) is 0 Å². The molecule has 0 aromatic heterocycles. The molecule has 0 spiro atoms. The zero-order chi connectivity index (χ0) is 15.1. The average Bonchev–Trinajstić information content (AvgIpc) is 2.44. The highest BCUT2D eigenvalue weighted by molar-refractivity contribution is 7.98. The van der Waals surface area contributed by atoms with Crippen LogP contribution in [0.3, 0.4) is 0 Å². The van der Waals surface area contributed by atoms with E-state index in [9.17, 15) is 0 Å². The van der Waals surface area contributed by atoms with Crippen LogP contribution in [-0.2, 0) is 0 Å². The highest BCUT2D eigenvalue weighted by Crippen LogP contribution is 2.34. The van der Waals surface area contributed by atoms with Crippen LogP contribution < -0.4 is 5.32 Å². The Morgan fingerprint density at radius 3 is 2.50 bits per heavy atom. The topological polar surface area (TPSA) is 15.3 Å². The van der Waals surface area contributed by atoms with Crippen molar-refractivity contribution >= 4 is 11.8 Å². The van der Waals surface area contributed by atoms with Crippen LogP contribution in [0.2, 0.25) is 0 Å². The summed E-state index contributed by atoms with van der Waals surface area (Å²) in [4.78, 5) is 2.62. The molecule has 0 saturated heterocycles. The number of hydrogen-bond donors (Lipinski definition) is 1. The largest absolute Gasteiger partial charge is 0.317 e. The second-order valence-electron chi connectivity index (χ2n) is 6.93. The lowest BCUT2D eigenvalue weighted by Gasteiger charge is -2.41. The van der Waals surface area contributed by atoms with Crippen LogP contribution in [-0.4, -0.2) is 49.6 Å². The molecule has 120 valence electrons. The molecule has 0 heterocycles. The molecule has 1 N–H and O–H groups in total. The van der Waals surface area contributed by atoms with Gasteiger partial charge in [-0.15, -0.1) is 0 Å². The monoisotopic (exact) mass is 300 g/mol. The van der Waals surface area contributed by atoms with E-state index in [4.69, 9.17) is 0 Å². The van der Waals surface area contributed by atoms with Gasteiger partial charge in [-0.3, -0.25) is 0 Å². The lowest BCUT2D eigenvalue weighted by atomic mass is 9.73. The molecule has 4 unspecified atom stereocenters. The van der Waals surface area contributed by atoms with Crippen LogP contribution in [0.25, 0.3) is 0 Å². The van der Waals surface area contributed by atoms with E-state index < -0.39 is 0 Å². The van der Waals surface area contributed by atoms with E-state index in [0.29, 0.717) is 0 Å². The molecule has 2 nitrogen and oxygen atoms in total. The van der Waals surface area contributed by atoms with Gasteiger partial charge in [0.05, 0.1) is 0 Å². The van der Waals surface area contributed by atoms with Crippen LogP contribution >= 0.6 is 11.8 Å². The van der Waals surface area contributed by atoms with Gasteiger partial charge in [0.15, 0.2) is 0 Å². The van der Waals surface area contributed by atoms with Gasteiger partial charge < -0.3 is 10.2 Å². The SMILES string of the molecule is CCC(CSC)N(C)CC1CC(C(C)C)CCC1NC. The van der Waals surface area contributed by atoms with Crippen molar-refractivity contribution in [2.24, 2.45) is 17.8 Å². The second kappa shape index (κ2) is 9.32. The predicted molar refractivity (Wildman–Crippen MR) is 93.6 cm³/mol. The summed E-state index contributed by atoms with van der Waals surface area (Å²) in [5, 5.41) is 3.58. The maximum atomic E-state index is 3.58. The van der Waals surface area contributed by atoms with Crippen molar-refractivity contribution < 1.29 is 0 Å². The van der Waals surface area contributed by atoms with E-state index in [1.807, 2.05) is 11.8 Å². The fraction of sp³-hybridized carbons (Fsp3) is 1.00. The Morgan fingerprint density at radius 2 is 2.00 bits per heavy atom. The summed E-state index contributed by atoms with van der Waals surface area (Å²) in [7, 11) is 4.47. The normalized spacial score (nSPS) is 29.1. The summed E-state index contributed by atoms with van der Waals surface area (Å²) in [5.74, 6) is 3.85. The summed E-state index contributed by atoms with van der Waals surface area (Å²) in [6, 6.07) is 1.46. The van der Waals surface area contributed by atoms with Gasteiger partial charge in [0.1, 0.15) is 0 Å². The Bertz CT molecular complexity index is 257. The first-order chi connectivity index (χ1) is 9.53. The predicted octanol–water partition coefficient (Wildman–Crippen LogP) is 3.72. The summed E-state index contributed by atoms with van der Waals surface area (Å²) in [6.07, 6.45) is 7.66. The number of hydrogen-bond acceptors (Lipinski definition) is 3. The minimum Gasteiger partial charge on any atom is -0.317 e. The van der Waals surface area contributed by atoms with Gasteiger partial charge in [-0.05, 0) is 63.8 Å². The molecule has 0 bridgehead atoms. The van der Waals surface area contributed by atoms with Gasteiger partial charge >= 0.3 is 0 Å². The van der Waals surface area contributed by atoms with E-state index in [2.05, 4.69) is 51.3 Å². The minimum absolute atomic E-state index is 0.722. The van der Waals surface area contributed by atoms with Crippen molar-refractivity contribution in [2.45, 2.75) is 58.5 Å². The van der Waals surface area contributed by atoms with Crippen molar-refractivity contribution in [3.05, 3.63) is 0 Å². The van der Waals surface area contributed by atoms with Gasteiger partial charge in [-0.25, -0.2) is 0 Å². The summed E-state index contributed by atoms with van der Waals surface area (Å²) < 4.78 is 0. The zero-order valence-corrected chi connectivity index (χ0v) is 15.3. The standard InChI is InChI=1S/C17H36N2S/c1-7-16(12-20-6)19(5)11-15-10-14(13(2)3)8-9-17(15)18-4/h13-18H,7-12H2,1-6H3. The van der Waals surface area contributed by atoms with E-state index in [1.165, 1.54) is 38.0 Å². The third-order valence-electron chi connectivity index (χ3n) is 5.31. The first-order valence-electron chi connectivity index (χ1n) is 8.39. The molecule has 1 aliphatic rings. The van der Waals surface area contributed by atoms with Crippen LogP contribution in [0, 0.1) is 17.8 Å². The third kappa shape index (κ3) is 5.23. The molecule has 0 aliphatic heterocycles. The van der Waals surface area contributed by atoms with Gasteiger partial charge in [0.2, 0.25) is 0 Å². The second-order valence-corrected chi connectivity index (χ2v) is 7.84. The molecule has 20 heavy (non-hydrogen) atoms. The average molecular weight is 301 g/mol. The maximum Gasteiger partial charge on any atom is 0.0180 e. The number of rotatable bonds is 8. The minimum atomic E-state index is 0.722. The quantitative estimate of drug-likeness (QED) is 0.735. The number of nitrogens with one attached hydrogen (secondary N) is 1. The number of thioether (sulfide) groups is 1. The fourth-order valence-electron chi connectivity index (χ4n) is 3.76. The molecular formula is C17H36N2S. The Kier molecular flexibility index (Phi) is 8.54. The molecule has 0 aromatic carbocycles. The van der Waals surface area contributed by atoms with E-state index >= 15 is 0 Å². The molecule has 1 saturated carbocycles. The van der Waals surface area contributed by atoms with Gasteiger partial charge in [0.25, 0.3) is 0 Å². The lowest BCUT2D eigenvalue weighted by Crippen LogP contribution is -2.47. The zero-order valence-electron chi connectivity index (χ0n) is 14.5. The molecule has 1 fully saturated rings. The van der Waals surface area contributed by atoms with Crippen molar-refractivity contribution in [3.63, 3.8) is 0 Å². The highest BCUT2D eigenvalue weighted by Gasteiger charge is 2.32. The summed E-state index contributed by atoms with van der Waals surface area (Å²) in [5.41, 5.74) is 0. The van der Waals surface area contributed by atoms with E-state index in [0.717, 1.165) is 29.8 Å². The molecule has 1 aliphatic carbocycles. The molecule has 0 aromatic rings. The summed E-state index contributed by atoms with van der Waals surface area (Å²) >= 11 is 1.98. The molecule has 1 rings (SSSR count). The molecule has 0 amide bonds. The van der Waals surface area contributed by atoms with Gasteiger partial charge in [-0.2, -0.15) is 11.8 Å². The lowest BCUT2D eigenvalue weighted by molar-refractivity contribution is 0.120. The fourth-order valence-corrected chi connectivity index (χ4v) is 4.63. The van der Waals surface area contributed by atoms with Crippen LogP contribution in [0.15, 0.2) is 0 Å². The molecule has 4 atom stereocenters. The Morgan fingerprint density at radius 1 is 1.30 bits per heavy atom. The molecule has 3 heteroatoms. The smallest absolute Gasteiger partial charge is 0.0180 e. The molecule has 0 radical (unpaired) electrons. The van der Waals surface area contributed by atoms with Crippen molar-refractivity contribution in [3.8, 4) is 0 Å². The summed E-state index contributed by atoms with van der Waals surface area (Å²) in [6.45, 7) is 8.37. The number of nitrogens with zero attached hydrogens (tertiary/aromatic N) is 1. The Labute approximate surface area is 131 Å². The van der Waals surface area contributed by atoms with Crippen molar-refractivity contribution in [1.29, 1.82) is 0 Å². The maximum absolute atomic E-state index is 3.58. The van der Waals surface area contributed by atoms with Gasteiger partial charge in [-0.1, -0.05) is 20.8 Å². The van der Waals surface area contributed by atoms with Crippen LogP contribution in [0.1, 0.15) is 46.5 Å². The van der Waals surface area contributed by atoms with Crippen molar-refractivity contribution in [1.82, 2.24) is 10.2 Å². The first kappa shape index (κ1) is 18.3. The Hall–Kier alpha value is 0.270. The first-order valence-corrected chi connectivity index (χ1v) is 9.79. The Balaban J connectivity index is 2.60. The van der Waals surface area contributed by atoms with Crippen LogP contribution in [0.4, 0.5) is 0 Å². The van der Waals surface area contributed by atoms with Crippen LogP contribution in [0.5, 0.6) is 0 Å². The molecular weight excluding hydrogens is 264 g/mol. The highest BCUT2D eigenvalue weighted by atomic mass is 32.2. The van der Waals surface area contributed by atoms with Crippen molar-refractivity contribution in [2.75, 3.05) is 32.6 Å². The van der Waals surface area contributed by atoms with E-state index in [-0.39, 0.29) is 0 Å². The third-order valence-corrected chi connectivity index (χ3v) is 6.03.